The van der Waals surface area contributed by atoms with Crippen LogP contribution in [0.2, 0.25) is 5.02 Å². The molecule has 0 saturated heterocycles. The first-order valence-corrected chi connectivity index (χ1v) is 10.2. The summed E-state index contributed by atoms with van der Waals surface area (Å²) in [6.07, 6.45) is 4.36. The number of halogens is 1. The fourth-order valence-corrected chi connectivity index (χ4v) is 3.94. The maximum atomic E-state index is 13.0. The zero-order valence-electron chi connectivity index (χ0n) is 16.3. The Labute approximate surface area is 175 Å². The van der Waals surface area contributed by atoms with Crippen LogP contribution in [0, 0.1) is 0 Å². The maximum Gasteiger partial charge on any atom is 0.257 e. The normalized spacial score (nSPS) is 14.0. The number of hydrogen-bond donors (Lipinski definition) is 1. The van der Waals surface area contributed by atoms with Crippen LogP contribution in [0.15, 0.2) is 60.7 Å². The third-order valence-electron chi connectivity index (χ3n) is 5.32. The molecule has 4 nitrogen and oxygen atoms in total. The summed E-state index contributed by atoms with van der Waals surface area (Å²) in [5.41, 5.74) is 3.99. The molecule has 0 aliphatic heterocycles. The van der Waals surface area contributed by atoms with Crippen LogP contribution in [0.3, 0.4) is 0 Å². The molecule has 1 aliphatic rings. The van der Waals surface area contributed by atoms with Gasteiger partial charge >= 0.3 is 0 Å². The number of nitrogens with one attached hydrogen (secondary N) is 1. The summed E-state index contributed by atoms with van der Waals surface area (Å²) in [6, 6.07) is 19.6. The fraction of sp³-hybridized carbons (Fsp3) is 0.250. The van der Waals surface area contributed by atoms with Crippen molar-refractivity contribution in [2.45, 2.75) is 31.7 Å². The number of carbonyl (C=O) groups excluding carboxylic acids is 1. The van der Waals surface area contributed by atoms with E-state index in [0.29, 0.717) is 16.5 Å². The Kier molecular flexibility index (Phi) is 5.81. The van der Waals surface area contributed by atoms with Crippen molar-refractivity contribution in [3.8, 4) is 28.3 Å². The van der Waals surface area contributed by atoms with Crippen molar-refractivity contribution in [1.82, 2.24) is 10.3 Å². The molecule has 0 radical (unpaired) electrons. The molecule has 29 heavy (non-hydrogen) atoms. The number of aromatic nitrogens is 1. The van der Waals surface area contributed by atoms with E-state index in [1.807, 2.05) is 60.7 Å². The first-order valence-electron chi connectivity index (χ1n) is 9.87. The average molecular weight is 407 g/mol. The van der Waals surface area contributed by atoms with E-state index in [9.17, 15) is 4.79 Å². The zero-order chi connectivity index (χ0) is 20.2. The van der Waals surface area contributed by atoms with Gasteiger partial charge in [-0.1, -0.05) is 66.9 Å². The van der Waals surface area contributed by atoms with Crippen LogP contribution in [0.25, 0.3) is 22.4 Å². The highest BCUT2D eigenvalue weighted by molar-refractivity contribution is 6.30. The van der Waals surface area contributed by atoms with E-state index in [1.54, 1.807) is 7.11 Å². The Balaban J connectivity index is 1.82. The lowest BCUT2D eigenvalue weighted by molar-refractivity contribution is 0.0934. The molecular weight excluding hydrogens is 384 g/mol. The van der Waals surface area contributed by atoms with Crippen LogP contribution in [0.1, 0.15) is 36.0 Å². The zero-order valence-corrected chi connectivity index (χ0v) is 17.1. The van der Waals surface area contributed by atoms with Gasteiger partial charge in [0.25, 0.3) is 5.91 Å². The lowest BCUT2D eigenvalue weighted by Gasteiger charge is -2.17. The van der Waals surface area contributed by atoms with E-state index in [4.69, 9.17) is 21.3 Å². The van der Waals surface area contributed by atoms with Crippen molar-refractivity contribution in [2.75, 3.05) is 7.11 Å². The molecule has 1 heterocycles. The van der Waals surface area contributed by atoms with Crippen molar-refractivity contribution in [3.63, 3.8) is 0 Å². The van der Waals surface area contributed by atoms with Crippen LogP contribution in [-0.2, 0) is 0 Å². The van der Waals surface area contributed by atoms with E-state index < -0.39 is 0 Å². The maximum absolute atomic E-state index is 13.0. The van der Waals surface area contributed by atoms with Crippen LogP contribution in [0.4, 0.5) is 0 Å². The van der Waals surface area contributed by atoms with Crippen LogP contribution >= 0.6 is 11.6 Å². The molecule has 1 N–H and O–H groups in total. The van der Waals surface area contributed by atoms with Gasteiger partial charge in [0.05, 0.1) is 12.8 Å². The Hall–Kier alpha value is -2.85. The van der Waals surface area contributed by atoms with E-state index in [2.05, 4.69) is 5.32 Å². The van der Waals surface area contributed by atoms with Crippen molar-refractivity contribution >= 4 is 17.5 Å². The lowest BCUT2D eigenvalue weighted by Crippen LogP contribution is -2.33. The van der Waals surface area contributed by atoms with Gasteiger partial charge in [0, 0.05) is 22.2 Å². The van der Waals surface area contributed by atoms with Gasteiger partial charge in [0.1, 0.15) is 5.56 Å². The summed E-state index contributed by atoms with van der Waals surface area (Å²) in [6.45, 7) is 0. The van der Waals surface area contributed by atoms with Gasteiger partial charge in [-0.3, -0.25) is 4.79 Å². The minimum absolute atomic E-state index is 0.138. The number of nitrogens with zero attached hydrogens (tertiary/aromatic N) is 1. The summed E-state index contributed by atoms with van der Waals surface area (Å²) in [7, 11) is 1.54. The molecule has 4 rings (SSSR count). The molecule has 1 aliphatic carbocycles. The van der Waals surface area contributed by atoms with Gasteiger partial charge < -0.3 is 10.1 Å². The third kappa shape index (κ3) is 4.28. The van der Waals surface area contributed by atoms with Crippen LogP contribution in [-0.4, -0.2) is 24.0 Å². The molecule has 1 aromatic heterocycles. The number of methoxy groups -OCH3 is 1. The van der Waals surface area contributed by atoms with Crippen LogP contribution < -0.4 is 10.1 Å². The highest BCUT2D eigenvalue weighted by Crippen LogP contribution is 2.35. The molecule has 5 heteroatoms. The lowest BCUT2D eigenvalue weighted by atomic mass is 9.97. The second-order valence-corrected chi connectivity index (χ2v) is 7.71. The monoisotopic (exact) mass is 406 g/mol. The number of amides is 1. The summed E-state index contributed by atoms with van der Waals surface area (Å²) in [5.74, 6) is 0.186. The fourth-order valence-electron chi connectivity index (χ4n) is 3.81. The van der Waals surface area contributed by atoms with Gasteiger partial charge in [-0.05, 0) is 36.6 Å². The number of benzene rings is 2. The molecule has 0 spiro atoms. The Bertz CT molecular complexity index is 997. The first-order chi connectivity index (χ1) is 14.2. The molecule has 1 fully saturated rings. The number of pyridine rings is 1. The van der Waals surface area contributed by atoms with E-state index >= 15 is 0 Å². The number of carbonyl (C=O) groups is 1. The van der Waals surface area contributed by atoms with Crippen LogP contribution in [0.5, 0.6) is 5.88 Å². The minimum Gasteiger partial charge on any atom is -0.480 e. The van der Waals surface area contributed by atoms with Crippen molar-refractivity contribution in [2.24, 2.45) is 0 Å². The second-order valence-electron chi connectivity index (χ2n) is 7.27. The number of ether oxygens (including phenoxy) is 1. The molecule has 3 aromatic rings. The Morgan fingerprint density at radius 3 is 2.38 bits per heavy atom. The minimum atomic E-state index is -0.138. The molecule has 148 valence electrons. The third-order valence-corrected chi connectivity index (χ3v) is 5.57. The summed E-state index contributed by atoms with van der Waals surface area (Å²) >= 11 is 6.06. The molecule has 0 bridgehead atoms. The summed E-state index contributed by atoms with van der Waals surface area (Å²) in [4.78, 5) is 17.7. The SMILES string of the molecule is COc1nc(-c2ccc(Cl)cc2)c(-c2ccccc2)cc1C(=O)NC1CCCC1. The Morgan fingerprint density at radius 2 is 1.72 bits per heavy atom. The average Bonchev–Trinajstić information content (AvgIpc) is 3.27. The van der Waals surface area contributed by atoms with E-state index in [1.165, 1.54) is 0 Å². The quantitative estimate of drug-likeness (QED) is 0.586. The molecule has 0 atom stereocenters. The van der Waals surface area contributed by atoms with E-state index in [-0.39, 0.29) is 11.9 Å². The predicted octanol–water partition coefficient (Wildman–Crippen LogP) is 5.75. The van der Waals surface area contributed by atoms with E-state index in [0.717, 1.165) is 48.1 Å². The van der Waals surface area contributed by atoms with Crippen molar-refractivity contribution in [3.05, 3.63) is 71.2 Å². The van der Waals surface area contributed by atoms with Gasteiger partial charge in [-0.25, -0.2) is 4.98 Å². The molecule has 1 saturated carbocycles. The van der Waals surface area contributed by atoms with Crippen molar-refractivity contribution in [1.29, 1.82) is 0 Å². The highest BCUT2D eigenvalue weighted by Gasteiger charge is 2.23. The predicted molar refractivity (Wildman–Crippen MR) is 116 cm³/mol. The van der Waals surface area contributed by atoms with Gasteiger partial charge in [-0.2, -0.15) is 0 Å². The van der Waals surface area contributed by atoms with Crippen molar-refractivity contribution < 1.29 is 9.53 Å². The largest absolute Gasteiger partial charge is 0.480 e. The molecule has 1 amide bonds. The van der Waals surface area contributed by atoms with Gasteiger partial charge in [0.15, 0.2) is 0 Å². The topological polar surface area (TPSA) is 51.2 Å². The number of rotatable bonds is 5. The molecule has 0 unspecified atom stereocenters. The standard InChI is InChI=1S/C24H23ClN2O2/c1-29-24-21(23(28)26-19-9-5-6-10-19)15-20(16-7-3-2-4-8-16)22(27-24)17-11-13-18(25)14-12-17/h2-4,7-8,11-15,19H,5-6,9-10H2,1H3,(H,26,28). The summed E-state index contributed by atoms with van der Waals surface area (Å²) in [5, 5.41) is 3.80. The molecule has 2 aromatic carbocycles. The second kappa shape index (κ2) is 8.66. The van der Waals surface area contributed by atoms with Gasteiger partial charge in [-0.15, -0.1) is 0 Å². The molecular formula is C24H23ClN2O2. The van der Waals surface area contributed by atoms with Gasteiger partial charge in [0.2, 0.25) is 5.88 Å². The first kappa shape index (κ1) is 19.5. The smallest absolute Gasteiger partial charge is 0.257 e. The summed E-state index contributed by atoms with van der Waals surface area (Å²) < 4.78 is 5.51. The highest BCUT2D eigenvalue weighted by atomic mass is 35.5. The number of hydrogen-bond acceptors (Lipinski definition) is 3. The Morgan fingerprint density at radius 1 is 1.03 bits per heavy atom.